The Morgan fingerprint density at radius 3 is 2.55 bits per heavy atom. The molecule has 0 aliphatic carbocycles. The predicted octanol–water partition coefficient (Wildman–Crippen LogP) is 4.32. The van der Waals surface area contributed by atoms with Gasteiger partial charge in [-0.15, -0.1) is 0 Å². The topological polar surface area (TPSA) is 24.8 Å². The molecule has 1 saturated heterocycles. The van der Waals surface area contributed by atoms with E-state index in [-0.39, 0.29) is 0 Å². The van der Waals surface area contributed by atoms with Crippen molar-refractivity contribution in [3.05, 3.63) is 60.2 Å². The largest absolute Gasteiger partial charge is 0.497 e. The van der Waals surface area contributed by atoms with Crippen LogP contribution in [0.5, 0.6) is 5.75 Å². The molecule has 0 aromatic heterocycles. The van der Waals surface area contributed by atoms with Gasteiger partial charge in [0.2, 0.25) is 0 Å². The molecule has 0 bridgehead atoms. The van der Waals surface area contributed by atoms with Crippen LogP contribution in [0.3, 0.4) is 0 Å². The fraction of sp³-hybridized carbons (Fsp3) is 0.278. The zero-order valence-corrected chi connectivity index (χ0v) is 13.7. The number of hydrogen-bond donors (Lipinski definition) is 0. The number of para-hydroxylation sites is 1. The summed E-state index contributed by atoms with van der Waals surface area (Å²) >= 11 is 1.83. The van der Waals surface area contributed by atoms with E-state index in [1.165, 1.54) is 5.56 Å². The summed E-state index contributed by atoms with van der Waals surface area (Å²) in [5, 5.41) is 1.11. The van der Waals surface area contributed by atoms with Gasteiger partial charge in [0.1, 0.15) is 5.75 Å². The quantitative estimate of drug-likeness (QED) is 0.840. The van der Waals surface area contributed by atoms with Crippen molar-refractivity contribution in [1.82, 2.24) is 4.90 Å². The summed E-state index contributed by atoms with van der Waals surface area (Å²) in [5.41, 5.74) is 2.29. The molecule has 114 valence electrons. The number of hydrogen-bond acceptors (Lipinski definition) is 3. The van der Waals surface area contributed by atoms with Crippen LogP contribution in [-0.4, -0.2) is 29.0 Å². The number of aliphatic imine (C=N–C) groups is 1. The summed E-state index contributed by atoms with van der Waals surface area (Å²) in [6.07, 6.45) is 0. The molecule has 1 atom stereocenters. The highest BCUT2D eigenvalue weighted by atomic mass is 32.2. The number of thioether (sulfide) groups is 1. The minimum absolute atomic E-state index is 0.495. The van der Waals surface area contributed by atoms with Crippen molar-refractivity contribution in [1.29, 1.82) is 0 Å². The molecule has 22 heavy (non-hydrogen) atoms. The second-order valence-electron chi connectivity index (χ2n) is 5.37. The number of rotatable bonds is 4. The third-order valence-electron chi connectivity index (χ3n) is 3.72. The lowest BCUT2D eigenvalue weighted by atomic mass is 10.2. The fourth-order valence-corrected chi connectivity index (χ4v) is 3.57. The van der Waals surface area contributed by atoms with Gasteiger partial charge in [0.15, 0.2) is 5.17 Å². The van der Waals surface area contributed by atoms with E-state index in [4.69, 9.17) is 9.73 Å². The monoisotopic (exact) mass is 312 g/mol. The number of amidine groups is 1. The SMILES string of the molecule is COc1ccc(CN2C(=Nc3ccccc3)SCC2C)cc1. The lowest BCUT2D eigenvalue weighted by Gasteiger charge is -2.23. The van der Waals surface area contributed by atoms with Gasteiger partial charge in [0, 0.05) is 18.3 Å². The first-order valence-electron chi connectivity index (χ1n) is 7.42. The van der Waals surface area contributed by atoms with Crippen LogP contribution in [0.4, 0.5) is 5.69 Å². The molecule has 4 heteroatoms. The molecule has 1 aliphatic rings. The van der Waals surface area contributed by atoms with Crippen molar-refractivity contribution in [3.63, 3.8) is 0 Å². The van der Waals surface area contributed by atoms with Gasteiger partial charge in [-0.3, -0.25) is 0 Å². The second kappa shape index (κ2) is 6.88. The number of methoxy groups -OCH3 is 1. The van der Waals surface area contributed by atoms with E-state index in [9.17, 15) is 0 Å². The van der Waals surface area contributed by atoms with Gasteiger partial charge in [-0.1, -0.05) is 42.1 Å². The minimum Gasteiger partial charge on any atom is -0.497 e. The van der Waals surface area contributed by atoms with Gasteiger partial charge < -0.3 is 9.64 Å². The summed E-state index contributed by atoms with van der Waals surface area (Å²) < 4.78 is 5.22. The molecule has 2 aromatic rings. The molecule has 0 N–H and O–H groups in total. The van der Waals surface area contributed by atoms with Crippen molar-refractivity contribution < 1.29 is 4.74 Å². The summed E-state index contributed by atoms with van der Waals surface area (Å²) in [4.78, 5) is 7.18. The van der Waals surface area contributed by atoms with Gasteiger partial charge in [0.05, 0.1) is 12.8 Å². The molecule has 0 spiro atoms. The normalized spacial score (nSPS) is 19.6. The Bertz CT molecular complexity index is 640. The lowest BCUT2D eigenvalue weighted by molar-refractivity contribution is 0.363. The van der Waals surface area contributed by atoms with Crippen molar-refractivity contribution in [2.24, 2.45) is 4.99 Å². The van der Waals surface area contributed by atoms with Gasteiger partial charge >= 0.3 is 0 Å². The molecular formula is C18H20N2OS. The Kier molecular flexibility index (Phi) is 4.68. The Hall–Kier alpha value is -1.94. The Morgan fingerprint density at radius 2 is 1.86 bits per heavy atom. The van der Waals surface area contributed by atoms with E-state index in [0.29, 0.717) is 6.04 Å². The maximum absolute atomic E-state index is 5.22. The Morgan fingerprint density at radius 1 is 1.14 bits per heavy atom. The molecule has 1 aliphatic heterocycles. The van der Waals surface area contributed by atoms with Crippen LogP contribution in [-0.2, 0) is 6.54 Å². The molecule has 0 amide bonds. The average Bonchev–Trinajstić information content (AvgIpc) is 2.90. The maximum Gasteiger partial charge on any atom is 0.165 e. The third-order valence-corrected chi connectivity index (χ3v) is 4.96. The number of benzene rings is 2. The lowest BCUT2D eigenvalue weighted by Crippen LogP contribution is -2.31. The van der Waals surface area contributed by atoms with Crippen LogP contribution in [0, 0.1) is 0 Å². The number of nitrogens with zero attached hydrogens (tertiary/aromatic N) is 2. The second-order valence-corrected chi connectivity index (χ2v) is 6.35. The van der Waals surface area contributed by atoms with Crippen molar-refractivity contribution in [2.45, 2.75) is 19.5 Å². The van der Waals surface area contributed by atoms with Gasteiger partial charge in [0.25, 0.3) is 0 Å². The third kappa shape index (κ3) is 3.45. The minimum atomic E-state index is 0.495. The first-order chi connectivity index (χ1) is 10.8. The predicted molar refractivity (Wildman–Crippen MR) is 94.0 cm³/mol. The smallest absolute Gasteiger partial charge is 0.165 e. The summed E-state index contributed by atoms with van der Waals surface area (Å²) in [7, 11) is 1.69. The molecule has 2 aromatic carbocycles. The Labute approximate surface area is 136 Å². The fourth-order valence-electron chi connectivity index (χ4n) is 2.42. The molecule has 1 heterocycles. The van der Waals surface area contributed by atoms with Crippen LogP contribution in [0.1, 0.15) is 12.5 Å². The van der Waals surface area contributed by atoms with Crippen LogP contribution < -0.4 is 4.74 Å². The molecule has 0 radical (unpaired) electrons. The highest BCUT2D eigenvalue weighted by Gasteiger charge is 2.26. The van der Waals surface area contributed by atoms with Gasteiger partial charge in [-0.2, -0.15) is 0 Å². The highest BCUT2D eigenvalue weighted by Crippen LogP contribution is 2.28. The maximum atomic E-state index is 5.22. The van der Waals surface area contributed by atoms with E-state index < -0.39 is 0 Å². The standard InChI is InChI=1S/C18H20N2OS/c1-14-13-22-18(19-16-6-4-3-5-7-16)20(14)12-15-8-10-17(21-2)11-9-15/h3-11,14H,12-13H2,1-2H3. The van der Waals surface area contributed by atoms with Crippen LogP contribution in [0.15, 0.2) is 59.6 Å². The molecular weight excluding hydrogens is 292 g/mol. The van der Waals surface area contributed by atoms with Gasteiger partial charge in [-0.25, -0.2) is 4.99 Å². The van der Waals surface area contributed by atoms with E-state index in [2.05, 4.69) is 24.0 Å². The van der Waals surface area contributed by atoms with Crippen LogP contribution in [0.25, 0.3) is 0 Å². The first-order valence-corrected chi connectivity index (χ1v) is 8.41. The van der Waals surface area contributed by atoms with E-state index in [1.807, 2.05) is 54.2 Å². The Balaban J connectivity index is 1.78. The van der Waals surface area contributed by atoms with Gasteiger partial charge in [-0.05, 0) is 36.8 Å². The summed E-state index contributed by atoms with van der Waals surface area (Å²) in [6.45, 7) is 3.13. The molecule has 3 nitrogen and oxygen atoms in total. The van der Waals surface area contributed by atoms with Crippen molar-refractivity contribution in [3.8, 4) is 5.75 Å². The summed E-state index contributed by atoms with van der Waals surface area (Å²) in [6, 6.07) is 18.9. The molecule has 1 fully saturated rings. The van der Waals surface area contributed by atoms with Crippen molar-refractivity contribution in [2.75, 3.05) is 12.9 Å². The highest BCUT2D eigenvalue weighted by molar-refractivity contribution is 8.14. The molecule has 1 unspecified atom stereocenters. The summed E-state index contributed by atoms with van der Waals surface area (Å²) in [5.74, 6) is 1.98. The average molecular weight is 312 g/mol. The van der Waals surface area contributed by atoms with E-state index >= 15 is 0 Å². The number of ether oxygens (including phenoxy) is 1. The van der Waals surface area contributed by atoms with E-state index in [1.54, 1.807) is 7.11 Å². The first kappa shape index (κ1) is 15.0. The van der Waals surface area contributed by atoms with Crippen LogP contribution >= 0.6 is 11.8 Å². The van der Waals surface area contributed by atoms with Crippen LogP contribution in [0.2, 0.25) is 0 Å². The molecule has 0 saturated carbocycles. The zero-order valence-electron chi connectivity index (χ0n) is 12.9. The molecule has 3 rings (SSSR count). The van der Waals surface area contributed by atoms with Crippen molar-refractivity contribution >= 4 is 22.6 Å². The zero-order chi connectivity index (χ0) is 15.4. The van der Waals surface area contributed by atoms with E-state index in [0.717, 1.165) is 28.9 Å².